The maximum absolute atomic E-state index is 13.6. The summed E-state index contributed by atoms with van der Waals surface area (Å²) in [4.78, 5) is 26.5. The van der Waals surface area contributed by atoms with Gasteiger partial charge in [-0.25, -0.2) is 0 Å². The average Bonchev–Trinajstić information content (AvgIpc) is 2.89. The second kappa shape index (κ2) is 10.9. The van der Waals surface area contributed by atoms with E-state index in [1.807, 2.05) is 37.3 Å². The van der Waals surface area contributed by atoms with E-state index in [0.717, 1.165) is 17.5 Å². The van der Waals surface area contributed by atoms with Crippen molar-refractivity contribution in [3.8, 4) is 28.7 Å². The molecule has 0 saturated carbocycles. The molecule has 0 radical (unpaired) electrons. The third-order valence-electron chi connectivity index (χ3n) is 6.75. The highest BCUT2D eigenvalue weighted by Gasteiger charge is 2.40. The van der Waals surface area contributed by atoms with Gasteiger partial charge in [0.2, 0.25) is 11.7 Å². The van der Waals surface area contributed by atoms with Crippen molar-refractivity contribution in [2.75, 3.05) is 35.0 Å². The van der Waals surface area contributed by atoms with E-state index in [4.69, 9.17) is 23.7 Å². The van der Waals surface area contributed by atoms with Gasteiger partial charge in [0, 0.05) is 35.6 Å². The zero-order chi connectivity index (χ0) is 25.8. The molecular formula is C28H33NO7. The second-order valence-electron chi connectivity index (χ2n) is 8.91. The Morgan fingerprint density at radius 2 is 1.56 bits per heavy atom. The number of rotatable bonds is 9. The van der Waals surface area contributed by atoms with Gasteiger partial charge in [-0.1, -0.05) is 19.1 Å². The fourth-order valence-corrected chi connectivity index (χ4v) is 5.13. The highest BCUT2D eigenvalue weighted by Crippen LogP contribution is 2.48. The average molecular weight is 496 g/mol. The molecule has 4 rings (SSSR count). The topological polar surface area (TPSA) is 92.3 Å². The first-order valence-corrected chi connectivity index (χ1v) is 12.1. The molecule has 1 N–H and O–H groups in total. The number of carbonyl (C=O) groups is 2. The van der Waals surface area contributed by atoms with E-state index in [9.17, 15) is 9.59 Å². The van der Waals surface area contributed by atoms with Crippen molar-refractivity contribution in [3.05, 3.63) is 52.7 Å². The molecule has 0 saturated heterocycles. The number of carbonyl (C=O) groups excluding carboxylic acids is 2. The second-order valence-corrected chi connectivity index (χ2v) is 8.91. The molecule has 0 spiro atoms. The van der Waals surface area contributed by atoms with Crippen LogP contribution in [0.1, 0.15) is 55.6 Å². The van der Waals surface area contributed by atoms with Crippen LogP contribution in [0.2, 0.25) is 0 Å². The molecular weight excluding hydrogens is 462 g/mol. The van der Waals surface area contributed by atoms with E-state index in [1.54, 1.807) is 28.4 Å². The molecule has 2 atom stereocenters. The molecule has 1 amide bonds. The first-order chi connectivity index (χ1) is 17.4. The standard InChI is InChI=1S/C28H33NO7/c1-6-10-36-27-18(8-7-9-22(27)32-2)19-15-25(31)29-20-11-16(12-21(30)26(19)20)17-13-23(33-3)28(35-5)24(14-17)34-4/h7-9,13-14,16,19H,6,10-12,15H2,1-5H3,(H,29,31). The summed E-state index contributed by atoms with van der Waals surface area (Å²) in [5.41, 5.74) is 2.99. The predicted molar refractivity (Wildman–Crippen MR) is 134 cm³/mol. The van der Waals surface area contributed by atoms with Gasteiger partial charge >= 0.3 is 0 Å². The molecule has 36 heavy (non-hydrogen) atoms. The van der Waals surface area contributed by atoms with Crippen LogP contribution in [0.15, 0.2) is 41.6 Å². The molecule has 1 heterocycles. The van der Waals surface area contributed by atoms with E-state index in [0.29, 0.717) is 59.5 Å². The quantitative estimate of drug-likeness (QED) is 0.547. The molecule has 8 nitrogen and oxygen atoms in total. The Kier molecular flexibility index (Phi) is 7.72. The Balaban J connectivity index is 1.75. The summed E-state index contributed by atoms with van der Waals surface area (Å²) >= 11 is 0. The van der Waals surface area contributed by atoms with Gasteiger partial charge < -0.3 is 29.0 Å². The van der Waals surface area contributed by atoms with Crippen LogP contribution in [-0.4, -0.2) is 46.7 Å². The van der Waals surface area contributed by atoms with Gasteiger partial charge in [-0.2, -0.15) is 0 Å². The number of ketones is 1. The van der Waals surface area contributed by atoms with Crippen molar-refractivity contribution < 1.29 is 33.3 Å². The summed E-state index contributed by atoms with van der Waals surface area (Å²) in [7, 11) is 6.26. The van der Waals surface area contributed by atoms with Crippen molar-refractivity contribution in [1.29, 1.82) is 0 Å². The smallest absolute Gasteiger partial charge is 0.225 e. The predicted octanol–water partition coefficient (Wildman–Crippen LogP) is 4.51. The third-order valence-corrected chi connectivity index (χ3v) is 6.75. The number of para-hydroxylation sites is 1. The number of ether oxygens (including phenoxy) is 5. The van der Waals surface area contributed by atoms with E-state index < -0.39 is 5.92 Å². The zero-order valence-corrected chi connectivity index (χ0v) is 21.4. The minimum atomic E-state index is -0.399. The molecule has 0 bridgehead atoms. The van der Waals surface area contributed by atoms with Crippen LogP contribution >= 0.6 is 0 Å². The van der Waals surface area contributed by atoms with Crippen molar-refractivity contribution >= 4 is 11.7 Å². The van der Waals surface area contributed by atoms with Crippen LogP contribution < -0.4 is 29.0 Å². The van der Waals surface area contributed by atoms with Crippen molar-refractivity contribution in [1.82, 2.24) is 5.32 Å². The molecule has 2 aliphatic rings. The van der Waals surface area contributed by atoms with E-state index in [1.165, 1.54) is 0 Å². The number of nitrogens with one attached hydrogen (secondary N) is 1. The minimum Gasteiger partial charge on any atom is -0.493 e. The number of amides is 1. The monoisotopic (exact) mass is 495 g/mol. The van der Waals surface area contributed by atoms with Gasteiger partial charge in [-0.3, -0.25) is 9.59 Å². The van der Waals surface area contributed by atoms with Crippen LogP contribution in [0.5, 0.6) is 28.7 Å². The summed E-state index contributed by atoms with van der Waals surface area (Å²) in [6.07, 6.45) is 1.82. The fourth-order valence-electron chi connectivity index (χ4n) is 5.13. The Morgan fingerprint density at radius 3 is 2.17 bits per heavy atom. The lowest BCUT2D eigenvalue weighted by Gasteiger charge is -2.35. The maximum atomic E-state index is 13.6. The van der Waals surface area contributed by atoms with Crippen LogP contribution in [0, 0.1) is 0 Å². The summed E-state index contributed by atoms with van der Waals surface area (Å²) < 4.78 is 28.0. The van der Waals surface area contributed by atoms with Gasteiger partial charge in [0.05, 0.1) is 35.0 Å². The Morgan fingerprint density at radius 1 is 0.861 bits per heavy atom. The molecule has 2 aromatic carbocycles. The first kappa shape index (κ1) is 25.4. The lowest BCUT2D eigenvalue weighted by molar-refractivity contribution is -0.122. The van der Waals surface area contributed by atoms with Crippen LogP contribution in [0.3, 0.4) is 0 Å². The summed E-state index contributed by atoms with van der Waals surface area (Å²) in [6.45, 7) is 2.53. The van der Waals surface area contributed by atoms with Gasteiger partial charge in [-0.15, -0.1) is 0 Å². The molecule has 192 valence electrons. The van der Waals surface area contributed by atoms with Crippen molar-refractivity contribution in [2.45, 2.75) is 44.4 Å². The highest BCUT2D eigenvalue weighted by atomic mass is 16.5. The third kappa shape index (κ3) is 4.72. The lowest BCUT2D eigenvalue weighted by Crippen LogP contribution is -2.38. The Bertz CT molecular complexity index is 1160. The van der Waals surface area contributed by atoms with Crippen molar-refractivity contribution in [2.24, 2.45) is 0 Å². The van der Waals surface area contributed by atoms with Gasteiger partial charge in [0.15, 0.2) is 28.8 Å². The maximum Gasteiger partial charge on any atom is 0.225 e. The molecule has 1 aliphatic heterocycles. The van der Waals surface area contributed by atoms with Crippen LogP contribution in [0.4, 0.5) is 0 Å². The number of hydrogen-bond donors (Lipinski definition) is 1. The fraction of sp³-hybridized carbons (Fsp3) is 0.429. The lowest BCUT2D eigenvalue weighted by atomic mass is 9.73. The molecule has 0 aromatic heterocycles. The number of hydrogen-bond acceptors (Lipinski definition) is 7. The largest absolute Gasteiger partial charge is 0.493 e. The zero-order valence-electron chi connectivity index (χ0n) is 21.4. The summed E-state index contributed by atoms with van der Waals surface area (Å²) in [5, 5.41) is 2.98. The minimum absolute atomic E-state index is 0.00395. The Labute approximate surface area is 211 Å². The summed E-state index contributed by atoms with van der Waals surface area (Å²) in [5.74, 6) is 2.06. The van der Waals surface area contributed by atoms with E-state index >= 15 is 0 Å². The number of Topliss-reactive ketones (excluding diaryl/α,β-unsaturated/α-hetero) is 1. The Hall–Kier alpha value is -3.68. The molecule has 0 fully saturated rings. The molecule has 2 aromatic rings. The normalized spacial score (nSPS) is 19.4. The highest BCUT2D eigenvalue weighted by molar-refractivity contribution is 6.02. The van der Waals surface area contributed by atoms with E-state index in [-0.39, 0.29) is 24.0 Å². The molecule has 8 heteroatoms. The summed E-state index contributed by atoms with van der Waals surface area (Å²) in [6, 6.07) is 9.35. The molecule has 1 aliphatic carbocycles. The SMILES string of the molecule is CCCOc1c(OC)cccc1C1CC(=O)NC2=C1C(=O)CC(c1cc(OC)c(OC)c(OC)c1)C2. The van der Waals surface area contributed by atoms with Crippen molar-refractivity contribution in [3.63, 3.8) is 0 Å². The number of benzene rings is 2. The van der Waals surface area contributed by atoms with Gasteiger partial charge in [-0.05, 0) is 42.5 Å². The first-order valence-electron chi connectivity index (χ1n) is 12.1. The van der Waals surface area contributed by atoms with Crippen LogP contribution in [-0.2, 0) is 9.59 Å². The molecule has 2 unspecified atom stereocenters. The van der Waals surface area contributed by atoms with Crippen LogP contribution in [0.25, 0.3) is 0 Å². The van der Waals surface area contributed by atoms with Gasteiger partial charge in [0.1, 0.15) is 0 Å². The van der Waals surface area contributed by atoms with Gasteiger partial charge in [0.25, 0.3) is 0 Å². The number of methoxy groups -OCH3 is 4. The number of allylic oxidation sites excluding steroid dienone is 2. The van der Waals surface area contributed by atoms with E-state index in [2.05, 4.69) is 5.32 Å².